The van der Waals surface area contributed by atoms with Crippen molar-refractivity contribution < 1.29 is 9.90 Å². The summed E-state index contributed by atoms with van der Waals surface area (Å²) < 4.78 is 0. The van der Waals surface area contributed by atoms with Gasteiger partial charge in [0.05, 0.1) is 6.10 Å². The summed E-state index contributed by atoms with van der Waals surface area (Å²) in [5.74, 6) is 1.65. The second kappa shape index (κ2) is 4.42. The van der Waals surface area contributed by atoms with Gasteiger partial charge in [-0.05, 0) is 60.3 Å². The molecule has 1 N–H and O–H groups in total. The summed E-state index contributed by atoms with van der Waals surface area (Å²) in [6.07, 6.45) is 9.51. The lowest BCUT2D eigenvalue weighted by Gasteiger charge is -2.48. The van der Waals surface area contributed by atoms with Crippen LogP contribution in [0.2, 0.25) is 0 Å². The van der Waals surface area contributed by atoms with Gasteiger partial charge in [-0.1, -0.05) is 25.5 Å². The number of carbonyl (C=O) groups is 1. The smallest absolute Gasteiger partial charge is 0.155 e. The van der Waals surface area contributed by atoms with Crippen molar-refractivity contribution in [1.29, 1.82) is 0 Å². The molecule has 0 aromatic heterocycles. The van der Waals surface area contributed by atoms with Gasteiger partial charge in [0.25, 0.3) is 0 Å². The number of hydrogen-bond donors (Lipinski definition) is 1. The second-order valence-corrected chi connectivity index (χ2v) is 7.59. The zero-order valence-corrected chi connectivity index (χ0v) is 13.0. The highest BCUT2D eigenvalue weighted by Crippen LogP contribution is 2.57. The molecule has 0 aromatic carbocycles. The molecule has 0 heterocycles. The molecule has 2 nitrogen and oxygen atoms in total. The van der Waals surface area contributed by atoms with Crippen LogP contribution < -0.4 is 0 Å². The van der Waals surface area contributed by atoms with Crippen LogP contribution in [0.5, 0.6) is 0 Å². The highest BCUT2D eigenvalue weighted by molar-refractivity contribution is 5.92. The minimum atomic E-state index is -0.464. The van der Waals surface area contributed by atoms with Gasteiger partial charge in [0, 0.05) is 18.3 Å². The van der Waals surface area contributed by atoms with Gasteiger partial charge in [-0.2, -0.15) is 0 Å². The number of allylic oxidation sites excluding steroid dienone is 4. The van der Waals surface area contributed by atoms with Crippen molar-refractivity contribution in [2.24, 2.45) is 17.3 Å². The third-order valence-electron chi connectivity index (χ3n) is 6.46. The molecule has 4 atom stereocenters. The number of aliphatic hydroxyl groups is 1. The van der Waals surface area contributed by atoms with Gasteiger partial charge < -0.3 is 5.11 Å². The highest BCUT2D eigenvalue weighted by Gasteiger charge is 2.47. The molecule has 4 aliphatic carbocycles. The molecule has 0 bridgehead atoms. The Bertz CT molecular complexity index is 607. The molecule has 4 rings (SSSR count). The van der Waals surface area contributed by atoms with Gasteiger partial charge in [0.1, 0.15) is 0 Å². The first-order chi connectivity index (χ1) is 10.0. The summed E-state index contributed by atoms with van der Waals surface area (Å²) in [6, 6.07) is 0. The maximum absolute atomic E-state index is 11.8. The van der Waals surface area contributed by atoms with Crippen LogP contribution in [0.1, 0.15) is 52.4 Å². The zero-order valence-electron chi connectivity index (χ0n) is 13.0. The number of fused-ring (bicyclic) bond motifs is 4. The number of hydrogen-bond acceptors (Lipinski definition) is 2. The van der Waals surface area contributed by atoms with Crippen LogP contribution in [0.4, 0.5) is 0 Å². The van der Waals surface area contributed by atoms with E-state index in [9.17, 15) is 9.90 Å². The minimum absolute atomic E-state index is 0.0709. The van der Waals surface area contributed by atoms with Crippen molar-refractivity contribution >= 4 is 5.78 Å². The van der Waals surface area contributed by atoms with E-state index in [1.165, 1.54) is 29.6 Å². The topological polar surface area (TPSA) is 37.3 Å². The van der Waals surface area contributed by atoms with E-state index in [4.69, 9.17) is 0 Å². The second-order valence-electron chi connectivity index (χ2n) is 7.59. The monoisotopic (exact) mass is 284 g/mol. The fourth-order valence-corrected chi connectivity index (χ4v) is 5.21. The van der Waals surface area contributed by atoms with Crippen molar-refractivity contribution in [3.63, 3.8) is 0 Å². The Kier molecular flexibility index (Phi) is 2.85. The molecular formula is C19H24O2. The molecule has 21 heavy (non-hydrogen) atoms. The third-order valence-corrected chi connectivity index (χ3v) is 6.46. The van der Waals surface area contributed by atoms with E-state index in [0.717, 1.165) is 30.8 Å². The number of rotatable bonds is 0. The molecule has 0 fully saturated rings. The largest absolute Gasteiger partial charge is 0.388 e. The fourth-order valence-electron chi connectivity index (χ4n) is 5.21. The Morgan fingerprint density at radius 2 is 2.14 bits per heavy atom. The lowest BCUT2D eigenvalue weighted by molar-refractivity contribution is -0.115. The Morgan fingerprint density at radius 3 is 2.95 bits per heavy atom. The van der Waals surface area contributed by atoms with Crippen LogP contribution in [0.25, 0.3) is 0 Å². The predicted octanol–water partition coefficient (Wildman–Crippen LogP) is 3.72. The van der Waals surface area contributed by atoms with Gasteiger partial charge in [-0.15, -0.1) is 0 Å². The molecular weight excluding hydrogens is 260 g/mol. The molecule has 0 aromatic rings. The molecule has 2 heteroatoms. The SMILES string of the molecule is CC1CC=C2C3=C(CCC21)C1(C)CCC(=O)C=C1[C@H](O)C3. The van der Waals surface area contributed by atoms with E-state index in [-0.39, 0.29) is 11.2 Å². The van der Waals surface area contributed by atoms with Gasteiger partial charge in [0.15, 0.2) is 5.78 Å². The van der Waals surface area contributed by atoms with Gasteiger partial charge in [0.2, 0.25) is 0 Å². The van der Waals surface area contributed by atoms with Crippen molar-refractivity contribution in [3.8, 4) is 0 Å². The molecule has 0 radical (unpaired) electrons. The van der Waals surface area contributed by atoms with Crippen molar-refractivity contribution in [2.45, 2.75) is 58.5 Å². The quantitative estimate of drug-likeness (QED) is 0.736. The van der Waals surface area contributed by atoms with Crippen molar-refractivity contribution in [1.82, 2.24) is 0 Å². The minimum Gasteiger partial charge on any atom is -0.388 e. The number of carbonyl (C=O) groups excluding carboxylic acids is 1. The number of aliphatic hydroxyl groups excluding tert-OH is 1. The molecule has 0 amide bonds. The molecule has 0 aliphatic heterocycles. The van der Waals surface area contributed by atoms with Crippen LogP contribution in [-0.4, -0.2) is 17.0 Å². The van der Waals surface area contributed by atoms with Gasteiger partial charge >= 0.3 is 0 Å². The van der Waals surface area contributed by atoms with Crippen molar-refractivity contribution in [3.05, 3.63) is 34.4 Å². The first kappa shape index (κ1) is 13.5. The Hall–Kier alpha value is -1.15. The Balaban J connectivity index is 1.85. The summed E-state index contributed by atoms with van der Waals surface area (Å²) >= 11 is 0. The van der Waals surface area contributed by atoms with E-state index in [1.807, 2.05) is 0 Å². The van der Waals surface area contributed by atoms with Gasteiger partial charge in [-0.25, -0.2) is 0 Å². The van der Waals surface area contributed by atoms with Crippen LogP contribution in [0.3, 0.4) is 0 Å². The van der Waals surface area contributed by atoms with Gasteiger partial charge in [-0.3, -0.25) is 4.79 Å². The first-order valence-corrected chi connectivity index (χ1v) is 8.36. The van der Waals surface area contributed by atoms with Crippen LogP contribution in [0.15, 0.2) is 34.4 Å². The third kappa shape index (κ3) is 1.78. The van der Waals surface area contributed by atoms with E-state index in [2.05, 4.69) is 19.9 Å². The molecule has 4 aliphatic rings. The van der Waals surface area contributed by atoms with Crippen LogP contribution in [-0.2, 0) is 4.79 Å². The lowest BCUT2D eigenvalue weighted by Crippen LogP contribution is -2.40. The zero-order chi connectivity index (χ0) is 14.8. The molecule has 0 saturated heterocycles. The molecule has 3 unspecified atom stereocenters. The van der Waals surface area contributed by atoms with Crippen LogP contribution in [0, 0.1) is 17.3 Å². The average Bonchev–Trinajstić information content (AvgIpc) is 2.83. The number of ketones is 1. The van der Waals surface area contributed by atoms with E-state index < -0.39 is 6.10 Å². The maximum Gasteiger partial charge on any atom is 0.155 e. The van der Waals surface area contributed by atoms with Crippen molar-refractivity contribution in [2.75, 3.05) is 0 Å². The summed E-state index contributed by atoms with van der Waals surface area (Å²) in [5.41, 5.74) is 5.42. The average molecular weight is 284 g/mol. The molecule has 0 spiro atoms. The molecule has 0 saturated carbocycles. The van der Waals surface area contributed by atoms with E-state index >= 15 is 0 Å². The summed E-state index contributed by atoms with van der Waals surface area (Å²) in [4.78, 5) is 11.8. The van der Waals surface area contributed by atoms with E-state index in [0.29, 0.717) is 12.3 Å². The fraction of sp³-hybridized carbons (Fsp3) is 0.632. The van der Waals surface area contributed by atoms with E-state index in [1.54, 1.807) is 6.08 Å². The summed E-state index contributed by atoms with van der Waals surface area (Å²) in [5, 5.41) is 10.6. The Morgan fingerprint density at radius 1 is 1.33 bits per heavy atom. The lowest BCUT2D eigenvalue weighted by atomic mass is 9.57. The first-order valence-electron chi connectivity index (χ1n) is 8.36. The highest BCUT2D eigenvalue weighted by atomic mass is 16.3. The summed E-state index contributed by atoms with van der Waals surface area (Å²) in [7, 11) is 0. The van der Waals surface area contributed by atoms with Crippen LogP contribution >= 0.6 is 0 Å². The maximum atomic E-state index is 11.8. The summed E-state index contributed by atoms with van der Waals surface area (Å²) in [6.45, 7) is 4.60. The normalized spacial score (nSPS) is 42.0. The predicted molar refractivity (Wildman–Crippen MR) is 82.7 cm³/mol. The molecule has 112 valence electrons. The standard InChI is InChI=1S/C19H24O2/c1-11-3-4-14-13(11)5-6-16-15(14)10-18(21)17-9-12(20)7-8-19(16,17)2/h4,9,11,13,18,21H,3,5-8,10H2,1-2H3/t11?,13?,18-,19?/m1/s1. The Labute approximate surface area is 126 Å².